The summed E-state index contributed by atoms with van der Waals surface area (Å²) < 4.78 is 19.2. The molecule has 0 spiro atoms. The molecule has 0 aliphatic heterocycles. The van der Waals surface area contributed by atoms with Crippen LogP contribution in [0.25, 0.3) is 0 Å². The van der Waals surface area contributed by atoms with Gasteiger partial charge in [0.25, 0.3) is 0 Å². The Kier molecular flexibility index (Phi) is 5.84. The minimum absolute atomic E-state index is 0.175. The number of para-hydroxylation sites is 1. The molecule has 21 heavy (non-hydrogen) atoms. The molecule has 0 radical (unpaired) electrons. The number of nitrogens with one attached hydrogen (secondary N) is 1. The Labute approximate surface area is 125 Å². The van der Waals surface area contributed by atoms with Crippen molar-refractivity contribution in [1.29, 1.82) is 0 Å². The summed E-state index contributed by atoms with van der Waals surface area (Å²) >= 11 is 0. The third kappa shape index (κ3) is 4.92. The average molecular weight is 293 g/mol. The topological polar surface area (TPSA) is 59.6 Å². The first kappa shape index (κ1) is 15.6. The molecule has 0 heterocycles. The zero-order valence-corrected chi connectivity index (χ0v) is 12.5. The van der Waals surface area contributed by atoms with Crippen LogP contribution in [0.3, 0.4) is 0 Å². The minimum Gasteiger partial charge on any atom is -0.485 e. The second-order valence-electron chi connectivity index (χ2n) is 5.48. The van der Waals surface area contributed by atoms with Crippen LogP contribution in [0, 0.1) is 11.7 Å². The van der Waals surface area contributed by atoms with Crippen molar-refractivity contribution < 1.29 is 9.13 Å². The lowest BCUT2D eigenvalue weighted by molar-refractivity contribution is 0.196. The van der Waals surface area contributed by atoms with Gasteiger partial charge in [-0.25, -0.2) is 9.38 Å². The van der Waals surface area contributed by atoms with Crippen LogP contribution in [0.4, 0.5) is 4.39 Å². The highest BCUT2D eigenvalue weighted by molar-refractivity contribution is 5.77. The molecule has 0 bridgehead atoms. The largest absolute Gasteiger partial charge is 0.485 e. The number of guanidine groups is 1. The molecule has 1 saturated carbocycles. The standard InChI is InChI=1S/C16H24FN3O/c1-2-13(21-15-9-4-3-8-14(15)17)11-20-16(18)19-10-12-6-5-7-12/h3-4,8-9,12-13H,2,5-7,10-11H2,1H3,(H3,18,19,20). The molecule has 2 rings (SSSR count). The van der Waals surface area contributed by atoms with E-state index in [2.05, 4.69) is 10.3 Å². The van der Waals surface area contributed by atoms with E-state index in [4.69, 9.17) is 10.5 Å². The first-order valence-corrected chi connectivity index (χ1v) is 7.64. The number of aliphatic imine (C=N–C) groups is 1. The van der Waals surface area contributed by atoms with Gasteiger partial charge in [0.1, 0.15) is 6.10 Å². The van der Waals surface area contributed by atoms with Crippen LogP contribution in [0.5, 0.6) is 5.75 Å². The van der Waals surface area contributed by atoms with E-state index in [1.165, 1.54) is 25.3 Å². The van der Waals surface area contributed by atoms with Gasteiger partial charge in [0.2, 0.25) is 0 Å². The van der Waals surface area contributed by atoms with Crippen LogP contribution in [-0.4, -0.2) is 25.2 Å². The number of ether oxygens (including phenoxy) is 1. The van der Waals surface area contributed by atoms with E-state index in [1.54, 1.807) is 18.2 Å². The van der Waals surface area contributed by atoms with Crippen LogP contribution < -0.4 is 15.8 Å². The summed E-state index contributed by atoms with van der Waals surface area (Å²) in [5.41, 5.74) is 5.84. The fourth-order valence-electron chi connectivity index (χ4n) is 2.17. The lowest BCUT2D eigenvalue weighted by Gasteiger charge is -2.25. The Balaban J connectivity index is 1.79. The molecule has 1 fully saturated rings. The molecular formula is C16H24FN3O. The van der Waals surface area contributed by atoms with Gasteiger partial charge < -0.3 is 15.8 Å². The maximum atomic E-state index is 13.5. The van der Waals surface area contributed by atoms with Crippen molar-refractivity contribution in [2.45, 2.75) is 38.7 Å². The second-order valence-corrected chi connectivity index (χ2v) is 5.48. The smallest absolute Gasteiger partial charge is 0.188 e. The average Bonchev–Trinajstić information content (AvgIpc) is 2.43. The number of nitrogens with two attached hydrogens (primary N) is 1. The van der Waals surface area contributed by atoms with Gasteiger partial charge in [-0.15, -0.1) is 0 Å². The lowest BCUT2D eigenvalue weighted by atomic mass is 9.85. The Bertz CT molecular complexity index is 474. The van der Waals surface area contributed by atoms with Crippen LogP contribution in [-0.2, 0) is 0 Å². The Hall–Kier alpha value is -1.78. The van der Waals surface area contributed by atoms with E-state index in [9.17, 15) is 4.39 Å². The van der Waals surface area contributed by atoms with Crippen molar-refractivity contribution >= 4 is 5.96 Å². The Morgan fingerprint density at radius 3 is 2.86 bits per heavy atom. The monoisotopic (exact) mass is 293 g/mol. The highest BCUT2D eigenvalue weighted by atomic mass is 19.1. The summed E-state index contributed by atoms with van der Waals surface area (Å²) in [6.45, 7) is 3.30. The van der Waals surface area contributed by atoms with Crippen molar-refractivity contribution in [3.8, 4) is 5.75 Å². The van der Waals surface area contributed by atoms with Crippen LogP contribution in [0.1, 0.15) is 32.6 Å². The van der Waals surface area contributed by atoms with E-state index in [-0.39, 0.29) is 17.7 Å². The molecule has 1 atom stereocenters. The van der Waals surface area contributed by atoms with Crippen molar-refractivity contribution in [3.05, 3.63) is 30.1 Å². The van der Waals surface area contributed by atoms with Gasteiger partial charge in [-0.05, 0) is 37.3 Å². The molecule has 0 amide bonds. The third-order valence-corrected chi connectivity index (χ3v) is 3.85. The summed E-state index contributed by atoms with van der Waals surface area (Å²) in [6, 6.07) is 6.41. The molecule has 1 aromatic rings. The predicted octanol–water partition coefficient (Wildman–Crippen LogP) is 2.69. The van der Waals surface area contributed by atoms with Gasteiger partial charge in [-0.1, -0.05) is 25.5 Å². The van der Waals surface area contributed by atoms with Gasteiger partial charge in [0.15, 0.2) is 17.5 Å². The lowest BCUT2D eigenvalue weighted by Crippen LogP contribution is -2.38. The molecule has 5 heteroatoms. The zero-order valence-electron chi connectivity index (χ0n) is 12.5. The van der Waals surface area contributed by atoms with Gasteiger partial charge >= 0.3 is 0 Å². The van der Waals surface area contributed by atoms with Gasteiger partial charge in [0, 0.05) is 6.54 Å². The first-order chi connectivity index (χ1) is 10.2. The molecule has 0 saturated heterocycles. The number of hydrogen-bond donors (Lipinski definition) is 2. The van der Waals surface area contributed by atoms with Crippen molar-refractivity contribution in [3.63, 3.8) is 0 Å². The maximum Gasteiger partial charge on any atom is 0.188 e. The second kappa shape index (κ2) is 7.86. The highest BCUT2D eigenvalue weighted by Gasteiger charge is 2.17. The Morgan fingerprint density at radius 1 is 1.48 bits per heavy atom. The molecular weight excluding hydrogens is 269 g/mol. The molecule has 1 aliphatic rings. The number of rotatable bonds is 7. The first-order valence-electron chi connectivity index (χ1n) is 7.64. The van der Waals surface area contributed by atoms with E-state index in [0.29, 0.717) is 12.5 Å². The third-order valence-electron chi connectivity index (χ3n) is 3.85. The van der Waals surface area contributed by atoms with Crippen LogP contribution >= 0.6 is 0 Å². The number of hydrogen-bond acceptors (Lipinski definition) is 2. The SMILES string of the molecule is CCC(CN=C(N)NCC1CCC1)Oc1ccccc1F. The molecule has 3 N–H and O–H groups in total. The molecule has 1 aromatic carbocycles. The number of benzene rings is 1. The highest BCUT2D eigenvalue weighted by Crippen LogP contribution is 2.25. The summed E-state index contributed by atoms with van der Waals surface area (Å²) in [5, 5.41) is 3.14. The van der Waals surface area contributed by atoms with Crippen LogP contribution in [0.2, 0.25) is 0 Å². The predicted molar refractivity (Wildman–Crippen MR) is 82.9 cm³/mol. The minimum atomic E-state index is -0.351. The maximum absolute atomic E-state index is 13.5. The van der Waals surface area contributed by atoms with Crippen molar-refractivity contribution in [2.24, 2.45) is 16.6 Å². The van der Waals surface area contributed by atoms with Crippen LogP contribution in [0.15, 0.2) is 29.3 Å². The van der Waals surface area contributed by atoms with Crippen molar-refractivity contribution in [1.82, 2.24) is 5.32 Å². The fraction of sp³-hybridized carbons (Fsp3) is 0.562. The number of nitrogens with zero attached hydrogens (tertiary/aromatic N) is 1. The fourth-order valence-corrected chi connectivity index (χ4v) is 2.17. The molecule has 1 aliphatic carbocycles. The molecule has 116 valence electrons. The van der Waals surface area contributed by atoms with Gasteiger partial charge in [-0.3, -0.25) is 0 Å². The molecule has 4 nitrogen and oxygen atoms in total. The van der Waals surface area contributed by atoms with E-state index in [1.807, 2.05) is 6.92 Å². The summed E-state index contributed by atoms with van der Waals surface area (Å²) in [6.07, 6.45) is 4.43. The molecule has 1 unspecified atom stereocenters. The summed E-state index contributed by atoms with van der Waals surface area (Å²) in [5.74, 6) is 1.09. The van der Waals surface area contributed by atoms with Crippen molar-refractivity contribution in [2.75, 3.05) is 13.1 Å². The summed E-state index contributed by atoms with van der Waals surface area (Å²) in [7, 11) is 0. The quantitative estimate of drug-likeness (QED) is 0.600. The molecule has 0 aromatic heterocycles. The Morgan fingerprint density at radius 2 is 2.24 bits per heavy atom. The zero-order chi connectivity index (χ0) is 15.1. The normalized spacial score (nSPS) is 17.1. The van der Waals surface area contributed by atoms with E-state index >= 15 is 0 Å². The number of halogens is 1. The van der Waals surface area contributed by atoms with E-state index < -0.39 is 0 Å². The van der Waals surface area contributed by atoms with Gasteiger partial charge in [0.05, 0.1) is 6.54 Å². The van der Waals surface area contributed by atoms with E-state index in [0.717, 1.165) is 18.9 Å². The summed E-state index contributed by atoms with van der Waals surface area (Å²) in [4.78, 5) is 4.29. The van der Waals surface area contributed by atoms with Gasteiger partial charge in [-0.2, -0.15) is 0 Å².